The standard InChI is InChI=1S/C28H29N7O3/c1-28(2,3)38-27(37)35-11-10-34(17-26(35)36)25-7-6-20(16-31-25)22-13-21(19-4-5-19)14-24(32-22)33-23-12-18(15-29)8-9-30-23/h6-9,12-14,16,19H,4-5,10-11,17H2,1-3H3,(H,30,32,33). The molecule has 0 bridgehead atoms. The van der Waals surface area contributed by atoms with E-state index in [0.717, 1.165) is 29.0 Å². The Morgan fingerprint density at radius 1 is 1.11 bits per heavy atom. The van der Waals surface area contributed by atoms with Crippen LogP contribution in [-0.2, 0) is 9.53 Å². The zero-order valence-corrected chi connectivity index (χ0v) is 21.6. The lowest BCUT2D eigenvalue weighted by Gasteiger charge is -2.34. The lowest BCUT2D eigenvalue weighted by atomic mass is 10.1. The Morgan fingerprint density at radius 3 is 2.58 bits per heavy atom. The largest absolute Gasteiger partial charge is 0.443 e. The van der Waals surface area contributed by atoms with Gasteiger partial charge in [-0.3, -0.25) is 4.79 Å². The van der Waals surface area contributed by atoms with E-state index in [4.69, 9.17) is 9.72 Å². The molecule has 1 saturated carbocycles. The molecule has 10 nitrogen and oxygen atoms in total. The molecule has 0 radical (unpaired) electrons. The SMILES string of the molecule is CC(C)(C)OC(=O)N1CCN(c2ccc(-c3cc(C4CC4)cc(Nc4cc(C#N)ccn4)n3)cn2)CC1=O. The molecule has 0 atom stereocenters. The third-order valence-corrected chi connectivity index (χ3v) is 6.24. The Bertz CT molecular complexity index is 1410. The Kier molecular flexibility index (Phi) is 6.68. The number of anilines is 3. The maximum Gasteiger partial charge on any atom is 0.417 e. The van der Waals surface area contributed by atoms with E-state index in [1.54, 1.807) is 45.3 Å². The summed E-state index contributed by atoms with van der Waals surface area (Å²) in [7, 11) is 0. The van der Waals surface area contributed by atoms with Crippen molar-refractivity contribution in [2.75, 3.05) is 29.9 Å². The number of carbonyl (C=O) groups is 2. The van der Waals surface area contributed by atoms with Gasteiger partial charge in [0.05, 0.1) is 23.9 Å². The average Bonchev–Trinajstić information content (AvgIpc) is 3.73. The summed E-state index contributed by atoms with van der Waals surface area (Å²) in [6.45, 7) is 6.06. The minimum absolute atomic E-state index is 0.0455. The first-order valence-corrected chi connectivity index (χ1v) is 12.6. The van der Waals surface area contributed by atoms with Crippen molar-refractivity contribution in [1.29, 1.82) is 5.26 Å². The van der Waals surface area contributed by atoms with Crippen LogP contribution >= 0.6 is 0 Å². The molecule has 5 rings (SSSR count). The molecule has 2 fully saturated rings. The highest BCUT2D eigenvalue weighted by Crippen LogP contribution is 2.42. The van der Waals surface area contributed by atoms with Crippen LogP contribution < -0.4 is 10.2 Å². The van der Waals surface area contributed by atoms with Crippen LogP contribution in [0.3, 0.4) is 0 Å². The monoisotopic (exact) mass is 511 g/mol. The molecule has 1 aliphatic heterocycles. The van der Waals surface area contributed by atoms with Gasteiger partial charge in [-0.05, 0) is 81.5 Å². The van der Waals surface area contributed by atoms with Crippen molar-refractivity contribution in [3.63, 3.8) is 0 Å². The summed E-state index contributed by atoms with van der Waals surface area (Å²) in [5.41, 5.74) is 2.67. The average molecular weight is 512 g/mol. The van der Waals surface area contributed by atoms with Gasteiger partial charge in [-0.1, -0.05) is 0 Å². The third kappa shape index (κ3) is 5.89. The van der Waals surface area contributed by atoms with Crippen molar-refractivity contribution in [2.45, 2.75) is 45.1 Å². The van der Waals surface area contributed by atoms with E-state index in [9.17, 15) is 14.9 Å². The number of pyridine rings is 3. The normalized spacial score (nSPS) is 15.7. The fourth-order valence-electron chi connectivity index (χ4n) is 4.22. The number of piperazine rings is 1. The van der Waals surface area contributed by atoms with E-state index >= 15 is 0 Å². The number of carbonyl (C=O) groups excluding carboxylic acids is 2. The number of nitrogens with one attached hydrogen (secondary N) is 1. The quantitative estimate of drug-likeness (QED) is 0.522. The first-order chi connectivity index (χ1) is 18.2. The summed E-state index contributed by atoms with van der Waals surface area (Å²) >= 11 is 0. The van der Waals surface area contributed by atoms with E-state index in [-0.39, 0.29) is 19.0 Å². The molecule has 0 spiro atoms. The molecule has 1 N–H and O–H groups in total. The number of aromatic nitrogens is 3. The van der Waals surface area contributed by atoms with Gasteiger partial charge < -0.3 is 15.0 Å². The number of ether oxygens (including phenoxy) is 1. The van der Waals surface area contributed by atoms with Gasteiger partial charge in [-0.25, -0.2) is 24.6 Å². The van der Waals surface area contributed by atoms with Gasteiger partial charge in [-0.15, -0.1) is 0 Å². The maximum atomic E-state index is 12.6. The first kappa shape index (κ1) is 25.1. The molecule has 0 aromatic carbocycles. The van der Waals surface area contributed by atoms with Gasteiger partial charge in [-0.2, -0.15) is 5.26 Å². The highest BCUT2D eigenvalue weighted by molar-refractivity contribution is 5.95. The van der Waals surface area contributed by atoms with Gasteiger partial charge in [0, 0.05) is 31.0 Å². The second kappa shape index (κ2) is 10.1. The van der Waals surface area contributed by atoms with Gasteiger partial charge in [0.2, 0.25) is 0 Å². The lowest BCUT2D eigenvalue weighted by Crippen LogP contribution is -2.53. The van der Waals surface area contributed by atoms with E-state index in [1.165, 1.54) is 5.56 Å². The second-order valence-corrected chi connectivity index (χ2v) is 10.5. The predicted molar refractivity (Wildman–Crippen MR) is 142 cm³/mol. The summed E-state index contributed by atoms with van der Waals surface area (Å²) in [6, 6.07) is 13.4. The first-order valence-electron chi connectivity index (χ1n) is 12.6. The number of imide groups is 1. The van der Waals surface area contributed by atoms with Gasteiger partial charge in [0.1, 0.15) is 23.1 Å². The zero-order valence-electron chi connectivity index (χ0n) is 21.6. The Morgan fingerprint density at radius 2 is 1.92 bits per heavy atom. The Hall–Kier alpha value is -4.52. The Balaban J connectivity index is 1.32. The van der Waals surface area contributed by atoms with Crippen LogP contribution in [0.5, 0.6) is 0 Å². The summed E-state index contributed by atoms with van der Waals surface area (Å²) in [4.78, 5) is 41.7. The molecular formula is C28H29N7O3. The molecule has 3 aromatic rings. The highest BCUT2D eigenvalue weighted by Gasteiger charge is 2.32. The lowest BCUT2D eigenvalue weighted by molar-refractivity contribution is -0.130. The molecule has 0 unspecified atom stereocenters. The van der Waals surface area contributed by atoms with Crippen LogP contribution in [0.1, 0.15) is 50.7 Å². The van der Waals surface area contributed by atoms with Crippen molar-refractivity contribution in [3.05, 3.63) is 59.9 Å². The molecule has 2 amide bonds. The molecule has 4 heterocycles. The molecule has 1 saturated heterocycles. The number of rotatable bonds is 5. The zero-order chi connectivity index (χ0) is 26.9. The third-order valence-electron chi connectivity index (χ3n) is 6.24. The highest BCUT2D eigenvalue weighted by atomic mass is 16.6. The van der Waals surface area contributed by atoms with Crippen LogP contribution in [0.2, 0.25) is 0 Å². The summed E-state index contributed by atoms with van der Waals surface area (Å²) in [6.07, 6.45) is 5.01. The van der Waals surface area contributed by atoms with Crippen molar-refractivity contribution < 1.29 is 14.3 Å². The number of hydrogen-bond donors (Lipinski definition) is 1. The van der Waals surface area contributed by atoms with Gasteiger partial charge >= 0.3 is 6.09 Å². The van der Waals surface area contributed by atoms with Crippen molar-refractivity contribution in [1.82, 2.24) is 19.9 Å². The smallest absolute Gasteiger partial charge is 0.417 e. The number of nitriles is 1. The maximum absolute atomic E-state index is 12.6. The number of amides is 2. The minimum Gasteiger partial charge on any atom is -0.443 e. The van der Waals surface area contributed by atoms with Crippen LogP contribution in [0, 0.1) is 11.3 Å². The van der Waals surface area contributed by atoms with Crippen molar-refractivity contribution in [2.24, 2.45) is 0 Å². The van der Waals surface area contributed by atoms with Crippen LogP contribution in [0.15, 0.2) is 48.8 Å². The topological polar surface area (TPSA) is 124 Å². The van der Waals surface area contributed by atoms with Crippen molar-refractivity contribution in [3.8, 4) is 17.3 Å². The van der Waals surface area contributed by atoms with E-state index in [2.05, 4.69) is 27.4 Å². The number of nitrogens with zero attached hydrogens (tertiary/aromatic N) is 6. The molecule has 38 heavy (non-hydrogen) atoms. The number of hydrogen-bond acceptors (Lipinski definition) is 9. The summed E-state index contributed by atoms with van der Waals surface area (Å²) in [5, 5.41) is 12.4. The fraction of sp³-hybridized carbons (Fsp3) is 0.357. The fourth-order valence-corrected chi connectivity index (χ4v) is 4.22. The Labute approximate surface area is 221 Å². The van der Waals surface area contributed by atoms with Crippen LogP contribution in [0.4, 0.5) is 22.2 Å². The molecule has 10 heteroatoms. The molecule has 194 valence electrons. The van der Waals surface area contributed by atoms with E-state index < -0.39 is 11.7 Å². The van der Waals surface area contributed by atoms with E-state index in [1.807, 2.05) is 23.1 Å². The summed E-state index contributed by atoms with van der Waals surface area (Å²) in [5.74, 6) is 2.05. The molecule has 2 aliphatic rings. The van der Waals surface area contributed by atoms with Crippen molar-refractivity contribution >= 4 is 29.5 Å². The predicted octanol–water partition coefficient (Wildman–Crippen LogP) is 4.61. The van der Waals surface area contributed by atoms with Gasteiger partial charge in [0.15, 0.2) is 0 Å². The molecular weight excluding hydrogens is 482 g/mol. The summed E-state index contributed by atoms with van der Waals surface area (Å²) < 4.78 is 5.34. The van der Waals surface area contributed by atoms with Crippen LogP contribution in [-0.4, -0.2) is 57.1 Å². The minimum atomic E-state index is -0.663. The second-order valence-electron chi connectivity index (χ2n) is 10.5. The molecule has 3 aromatic heterocycles. The molecule has 1 aliphatic carbocycles. The van der Waals surface area contributed by atoms with Crippen LogP contribution in [0.25, 0.3) is 11.3 Å². The van der Waals surface area contributed by atoms with Gasteiger partial charge in [0.25, 0.3) is 5.91 Å². The van der Waals surface area contributed by atoms with E-state index in [0.29, 0.717) is 35.5 Å².